The Morgan fingerprint density at radius 3 is 2.50 bits per heavy atom. The fourth-order valence-electron chi connectivity index (χ4n) is 1.13. The van der Waals surface area contributed by atoms with E-state index in [1.54, 1.807) is 0 Å². The van der Waals surface area contributed by atoms with Crippen LogP contribution in [-0.2, 0) is 9.73 Å². The second-order valence-corrected chi connectivity index (χ2v) is 5.93. The predicted octanol–water partition coefficient (Wildman–Crippen LogP) is 1.96. The summed E-state index contributed by atoms with van der Waals surface area (Å²) in [6, 6.07) is 4.11. The van der Waals surface area contributed by atoms with E-state index in [0.29, 0.717) is 5.69 Å². The number of rotatable bonds is 3. The zero-order chi connectivity index (χ0) is 12.3. The molecule has 16 heavy (non-hydrogen) atoms. The van der Waals surface area contributed by atoms with Gasteiger partial charge in [0, 0.05) is 34.4 Å². The zero-order valence-corrected chi connectivity index (χ0v) is 9.98. The summed E-state index contributed by atoms with van der Waals surface area (Å²) in [6.45, 7) is 0. The maximum Gasteiger partial charge on any atom is 0.311 e. The second-order valence-electron chi connectivity index (χ2n) is 3.39. The van der Waals surface area contributed by atoms with Crippen LogP contribution < -0.4 is 4.74 Å². The van der Waals surface area contributed by atoms with Crippen LogP contribution >= 0.6 is 0 Å². The van der Waals surface area contributed by atoms with Gasteiger partial charge < -0.3 is 4.74 Å². The Kier molecular flexibility index (Phi) is 3.48. The first-order chi connectivity index (χ1) is 7.33. The Morgan fingerprint density at radius 2 is 2.06 bits per heavy atom. The number of hydrogen-bond acceptors (Lipinski definition) is 5. The van der Waals surface area contributed by atoms with Crippen LogP contribution in [0.3, 0.4) is 0 Å². The van der Waals surface area contributed by atoms with E-state index >= 15 is 0 Å². The van der Waals surface area contributed by atoms with Crippen molar-refractivity contribution in [2.24, 2.45) is 4.36 Å². The smallest absolute Gasteiger partial charge is 0.311 e. The highest BCUT2D eigenvalue weighted by atomic mass is 32.2. The van der Waals surface area contributed by atoms with Gasteiger partial charge in [-0.2, -0.15) is 4.36 Å². The average molecular weight is 244 g/mol. The summed E-state index contributed by atoms with van der Waals surface area (Å²) < 4.78 is 20.2. The first-order valence-corrected chi connectivity index (χ1v) is 6.66. The minimum atomic E-state index is -2.29. The SMILES string of the molecule is COc1cc(N=S(C)(C)=O)ccc1[N+](=O)[O-]. The molecule has 0 aliphatic heterocycles. The molecule has 0 unspecified atom stereocenters. The van der Waals surface area contributed by atoms with Crippen molar-refractivity contribution in [3.05, 3.63) is 28.3 Å². The molecule has 0 fully saturated rings. The van der Waals surface area contributed by atoms with E-state index in [4.69, 9.17) is 4.74 Å². The molecule has 0 bridgehead atoms. The van der Waals surface area contributed by atoms with E-state index in [1.165, 1.54) is 37.8 Å². The summed E-state index contributed by atoms with van der Waals surface area (Å²) >= 11 is 0. The van der Waals surface area contributed by atoms with E-state index < -0.39 is 14.7 Å². The van der Waals surface area contributed by atoms with E-state index in [9.17, 15) is 14.3 Å². The molecule has 0 amide bonds. The van der Waals surface area contributed by atoms with E-state index in [0.717, 1.165) is 0 Å². The van der Waals surface area contributed by atoms with Gasteiger partial charge in [-0.05, 0) is 6.07 Å². The fourth-order valence-corrected chi connectivity index (χ4v) is 1.75. The van der Waals surface area contributed by atoms with Gasteiger partial charge in [0.2, 0.25) is 0 Å². The van der Waals surface area contributed by atoms with Crippen molar-refractivity contribution >= 4 is 21.1 Å². The lowest BCUT2D eigenvalue weighted by atomic mass is 10.2. The quantitative estimate of drug-likeness (QED) is 0.601. The number of nitro groups is 1. The maximum absolute atomic E-state index is 11.4. The summed E-state index contributed by atoms with van der Waals surface area (Å²) in [7, 11) is -0.951. The zero-order valence-electron chi connectivity index (χ0n) is 9.17. The largest absolute Gasteiger partial charge is 0.490 e. The third-order valence-electron chi connectivity index (χ3n) is 1.69. The first-order valence-electron chi connectivity index (χ1n) is 4.33. The Bertz CT molecular complexity index is 524. The van der Waals surface area contributed by atoms with Crippen LogP contribution in [-0.4, -0.2) is 28.8 Å². The van der Waals surface area contributed by atoms with Crippen molar-refractivity contribution in [2.45, 2.75) is 0 Å². The summed E-state index contributed by atoms with van der Waals surface area (Å²) in [5, 5.41) is 10.6. The van der Waals surface area contributed by atoms with Crippen LogP contribution in [0.5, 0.6) is 5.75 Å². The predicted molar refractivity (Wildman–Crippen MR) is 61.7 cm³/mol. The highest BCUT2D eigenvalue weighted by Crippen LogP contribution is 2.31. The van der Waals surface area contributed by atoms with Crippen LogP contribution in [0.2, 0.25) is 0 Å². The van der Waals surface area contributed by atoms with Crippen molar-refractivity contribution < 1.29 is 13.9 Å². The average Bonchev–Trinajstić information content (AvgIpc) is 2.14. The number of benzene rings is 1. The van der Waals surface area contributed by atoms with Gasteiger partial charge in [-0.1, -0.05) is 0 Å². The highest BCUT2D eigenvalue weighted by molar-refractivity contribution is 7.92. The standard InChI is InChI=1S/C9H12N2O4S/c1-15-9-6-7(10-16(2,3)14)4-5-8(9)11(12)13/h4-6H,1-3H3. The molecular formula is C9H12N2O4S. The van der Waals surface area contributed by atoms with Crippen LogP contribution in [0.1, 0.15) is 0 Å². The highest BCUT2D eigenvalue weighted by Gasteiger charge is 2.14. The van der Waals surface area contributed by atoms with Crippen molar-refractivity contribution in [1.29, 1.82) is 0 Å². The van der Waals surface area contributed by atoms with Gasteiger partial charge in [-0.3, -0.25) is 10.1 Å². The van der Waals surface area contributed by atoms with Crippen molar-refractivity contribution in [1.82, 2.24) is 0 Å². The molecule has 0 aromatic heterocycles. The summed E-state index contributed by atoms with van der Waals surface area (Å²) in [6.07, 6.45) is 2.97. The maximum atomic E-state index is 11.4. The third kappa shape index (κ3) is 3.20. The molecule has 1 aromatic carbocycles. The van der Waals surface area contributed by atoms with Gasteiger partial charge in [0.05, 0.1) is 17.7 Å². The van der Waals surface area contributed by atoms with Gasteiger partial charge in [0.25, 0.3) is 0 Å². The molecule has 0 radical (unpaired) electrons. The van der Waals surface area contributed by atoms with Gasteiger partial charge in [-0.25, -0.2) is 4.21 Å². The number of hydrogen-bond donors (Lipinski definition) is 0. The Labute approximate surface area is 93.6 Å². The summed E-state index contributed by atoms with van der Waals surface area (Å²) in [5.74, 6) is 0.106. The lowest BCUT2D eigenvalue weighted by Gasteiger charge is -2.02. The van der Waals surface area contributed by atoms with Crippen LogP contribution in [0.15, 0.2) is 22.6 Å². The van der Waals surface area contributed by atoms with Crippen molar-refractivity contribution in [3.8, 4) is 5.75 Å². The molecule has 6 nitrogen and oxygen atoms in total. The lowest BCUT2D eigenvalue weighted by Crippen LogP contribution is -1.94. The third-order valence-corrected chi connectivity index (χ3v) is 2.34. The second kappa shape index (κ2) is 4.48. The van der Waals surface area contributed by atoms with E-state index in [2.05, 4.69) is 4.36 Å². The van der Waals surface area contributed by atoms with Gasteiger partial charge in [0.15, 0.2) is 5.75 Å². The minimum Gasteiger partial charge on any atom is -0.490 e. The Balaban J connectivity index is 3.30. The normalized spacial score (nSPS) is 10.9. The van der Waals surface area contributed by atoms with E-state index in [-0.39, 0.29) is 11.4 Å². The molecule has 0 aliphatic carbocycles. The number of ether oxygens (including phenoxy) is 1. The molecule has 0 saturated carbocycles. The molecule has 0 heterocycles. The summed E-state index contributed by atoms with van der Waals surface area (Å²) in [4.78, 5) is 10.1. The molecule has 0 N–H and O–H groups in total. The monoisotopic (exact) mass is 244 g/mol. The fraction of sp³-hybridized carbons (Fsp3) is 0.333. The number of nitro benzene ring substituents is 1. The Hall–Kier alpha value is -1.63. The molecule has 0 aliphatic rings. The van der Waals surface area contributed by atoms with Gasteiger partial charge >= 0.3 is 5.69 Å². The topological polar surface area (TPSA) is 81.8 Å². The first kappa shape index (κ1) is 12.4. The van der Waals surface area contributed by atoms with Gasteiger partial charge in [0.1, 0.15) is 0 Å². The molecule has 0 atom stereocenters. The molecule has 1 rings (SSSR count). The summed E-state index contributed by atoms with van der Waals surface area (Å²) in [5.41, 5.74) is 0.262. The Morgan fingerprint density at radius 1 is 1.44 bits per heavy atom. The van der Waals surface area contributed by atoms with E-state index in [1.807, 2.05) is 0 Å². The van der Waals surface area contributed by atoms with Crippen LogP contribution in [0, 0.1) is 10.1 Å². The number of methoxy groups -OCH3 is 1. The van der Waals surface area contributed by atoms with Crippen molar-refractivity contribution in [3.63, 3.8) is 0 Å². The van der Waals surface area contributed by atoms with Crippen LogP contribution in [0.4, 0.5) is 11.4 Å². The van der Waals surface area contributed by atoms with Crippen molar-refractivity contribution in [2.75, 3.05) is 19.6 Å². The van der Waals surface area contributed by atoms with Gasteiger partial charge in [-0.15, -0.1) is 0 Å². The molecule has 7 heteroatoms. The number of nitrogens with zero attached hydrogens (tertiary/aromatic N) is 2. The molecular weight excluding hydrogens is 232 g/mol. The molecule has 0 saturated heterocycles. The minimum absolute atomic E-state index is 0.106. The molecule has 88 valence electrons. The lowest BCUT2D eigenvalue weighted by molar-refractivity contribution is -0.385. The molecule has 0 spiro atoms. The molecule has 1 aromatic rings. The van der Waals surface area contributed by atoms with Crippen LogP contribution in [0.25, 0.3) is 0 Å².